The molecule has 15 heavy (non-hydrogen) atoms. The van der Waals surface area contributed by atoms with Crippen molar-refractivity contribution < 1.29 is 4.79 Å². The van der Waals surface area contributed by atoms with Crippen LogP contribution in [0.25, 0.3) is 0 Å². The number of amides is 1. The van der Waals surface area contributed by atoms with Crippen LogP contribution in [0.15, 0.2) is 30.3 Å². The molecule has 3 N–H and O–H groups in total. The van der Waals surface area contributed by atoms with Crippen molar-refractivity contribution in [3.8, 4) is 0 Å². The molecule has 1 atom stereocenters. The standard InChI is InChI=1S/C12H18N2O/c1-9(13)12(2,3)14-11(15)10-7-5-4-6-8-10/h4-9H,13H2,1-3H3,(H,14,15). The molecule has 0 saturated carbocycles. The van der Waals surface area contributed by atoms with Crippen molar-refractivity contribution in [2.45, 2.75) is 32.4 Å². The van der Waals surface area contributed by atoms with E-state index in [-0.39, 0.29) is 11.9 Å². The van der Waals surface area contributed by atoms with E-state index in [9.17, 15) is 4.79 Å². The highest BCUT2D eigenvalue weighted by Crippen LogP contribution is 2.08. The van der Waals surface area contributed by atoms with E-state index in [2.05, 4.69) is 5.32 Å². The van der Waals surface area contributed by atoms with Gasteiger partial charge in [0.25, 0.3) is 5.91 Å². The van der Waals surface area contributed by atoms with Gasteiger partial charge in [0.15, 0.2) is 0 Å². The molecule has 1 aromatic rings. The van der Waals surface area contributed by atoms with Crippen molar-refractivity contribution in [3.05, 3.63) is 35.9 Å². The Bertz CT molecular complexity index is 331. The predicted molar refractivity (Wildman–Crippen MR) is 61.6 cm³/mol. The number of benzene rings is 1. The summed E-state index contributed by atoms with van der Waals surface area (Å²) in [6, 6.07) is 9.04. The van der Waals surface area contributed by atoms with Gasteiger partial charge < -0.3 is 11.1 Å². The summed E-state index contributed by atoms with van der Waals surface area (Å²) in [6.45, 7) is 5.71. The van der Waals surface area contributed by atoms with Gasteiger partial charge in [-0.2, -0.15) is 0 Å². The third-order valence-corrected chi connectivity index (χ3v) is 2.61. The zero-order valence-electron chi connectivity index (χ0n) is 9.45. The highest BCUT2D eigenvalue weighted by Gasteiger charge is 2.25. The summed E-state index contributed by atoms with van der Waals surface area (Å²) in [4.78, 5) is 11.8. The second-order valence-corrected chi connectivity index (χ2v) is 4.33. The van der Waals surface area contributed by atoms with E-state index in [1.165, 1.54) is 0 Å². The first kappa shape index (κ1) is 11.7. The lowest BCUT2D eigenvalue weighted by atomic mass is 9.96. The van der Waals surface area contributed by atoms with Crippen LogP contribution in [0.2, 0.25) is 0 Å². The van der Waals surface area contributed by atoms with Gasteiger partial charge in [-0.25, -0.2) is 0 Å². The first-order valence-corrected chi connectivity index (χ1v) is 5.06. The predicted octanol–water partition coefficient (Wildman–Crippen LogP) is 1.54. The Morgan fingerprint density at radius 1 is 1.33 bits per heavy atom. The van der Waals surface area contributed by atoms with Crippen LogP contribution in [0, 0.1) is 0 Å². The van der Waals surface area contributed by atoms with Gasteiger partial charge in [-0.15, -0.1) is 0 Å². The lowest BCUT2D eigenvalue weighted by Gasteiger charge is -2.30. The van der Waals surface area contributed by atoms with Crippen molar-refractivity contribution in [1.29, 1.82) is 0 Å². The van der Waals surface area contributed by atoms with Crippen molar-refractivity contribution in [2.75, 3.05) is 0 Å². The van der Waals surface area contributed by atoms with E-state index in [4.69, 9.17) is 5.73 Å². The fraction of sp³-hybridized carbons (Fsp3) is 0.417. The Kier molecular flexibility index (Phi) is 3.48. The van der Waals surface area contributed by atoms with Crippen LogP contribution >= 0.6 is 0 Å². The maximum Gasteiger partial charge on any atom is 0.251 e. The number of nitrogens with one attached hydrogen (secondary N) is 1. The zero-order valence-corrected chi connectivity index (χ0v) is 9.45. The average molecular weight is 206 g/mol. The molecule has 0 bridgehead atoms. The molecule has 3 nitrogen and oxygen atoms in total. The van der Waals surface area contributed by atoms with E-state index < -0.39 is 5.54 Å². The molecular weight excluding hydrogens is 188 g/mol. The Balaban J connectivity index is 2.73. The number of nitrogens with two attached hydrogens (primary N) is 1. The van der Waals surface area contributed by atoms with Crippen LogP contribution in [0.1, 0.15) is 31.1 Å². The largest absolute Gasteiger partial charge is 0.346 e. The molecule has 0 heterocycles. The highest BCUT2D eigenvalue weighted by atomic mass is 16.1. The van der Waals surface area contributed by atoms with Gasteiger partial charge in [0.05, 0.1) is 0 Å². The smallest absolute Gasteiger partial charge is 0.251 e. The lowest BCUT2D eigenvalue weighted by molar-refractivity contribution is 0.0903. The number of carbonyl (C=O) groups excluding carboxylic acids is 1. The van der Waals surface area contributed by atoms with Crippen molar-refractivity contribution in [3.63, 3.8) is 0 Å². The third kappa shape index (κ3) is 3.06. The SMILES string of the molecule is CC(N)C(C)(C)NC(=O)c1ccccc1. The molecule has 82 valence electrons. The van der Waals surface area contributed by atoms with Crippen molar-refractivity contribution in [1.82, 2.24) is 5.32 Å². The molecule has 1 rings (SSSR count). The molecule has 0 saturated heterocycles. The van der Waals surface area contributed by atoms with Crippen molar-refractivity contribution >= 4 is 5.91 Å². The van der Waals surface area contributed by atoms with E-state index in [1.54, 1.807) is 12.1 Å². The molecular formula is C12H18N2O. The zero-order chi connectivity index (χ0) is 11.5. The maximum absolute atomic E-state index is 11.8. The Morgan fingerprint density at radius 3 is 2.33 bits per heavy atom. The summed E-state index contributed by atoms with van der Waals surface area (Å²) in [5.74, 6) is -0.0853. The molecule has 0 spiro atoms. The Morgan fingerprint density at radius 2 is 1.87 bits per heavy atom. The number of rotatable bonds is 3. The lowest BCUT2D eigenvalue weighted by Crippen LogP contribution is -2.54. The average Bonchev–Trinajstić information content (AvgIpc) is 2.18. The monoisotopic (exact) mass is 206 g/mol. The van der Waals surface area contributed by atoms with Gasteiger partial charge in [-0.3, -0.25) is 4.79 Å². The van der Waals surface area contributed by atoms with Crippen LogP contribution in [0.3, 0.4) is 0 Å². The summed E-state index contributed by atoms with van der Waals surface area (Å²) < 4.78 is 0. The van der Waals surface area contributed by atoms with Crippen LogP contribution < -0.4 is 11.1 Å². The first-order chi connectivity index (χ1) is 6.93. The first-order valence-electron chi connectivity index (χ1n) is 5.06. The fourth-order valence-corrected chi connectivity index (χ4v) is 1.07. The fourth-order valence-electron chi connectivity index (χ4n) is 1.07. The minimum absolute atomic E-state index is 0.0853. The Hall–Kier alpha value is -1.35. The maximum atomic E-state index is 11.8. The topological polar surface area (TPSA) is 55.1 Å². The molecule has 0 aliphatic carbocycles. The second kappa shape index (κ2) is 4.45. The second-order valence-electron chi connectivity index (χ2n) is 4.33. The highest BCUT2D eigenvalue weighted by molar-refractivity contribution is 5.94. The summed E-state index contributed by atoms with van der Waals surface area (Å²) in [5.41, 5.74) is 6.04. The molecule has 0 radical (unpaired) electrons. The van der Waals surface area contributed by atoms with E-state index in [1.807, 2.05) is 39.0 Å². The molecule has 0 aliphatic rings. The number of hydrogen-bond donors (Lipinski definition) is 2. The van der Waals surface area contributed by atoms with Gasteiger partial charge in [0, 0.05) is 17.1 Å². The molecule has 0 aliphatic heterocycles. The van der Waals surface area contributed by atoms with Gasteiger partial charge in [-0.1, -0.05) is 18.2 Å². The number of hydrogen-bond acceptors (Lipinski definition) is 2. The number of carbonyl (C=O) groups is 1. The van der Waals surface area contributed by atoms with Crippen LogP contribution in [-0.2, 0) is 0 Å². The summed E-state index contributed by atoms with van der Waals surface area (Å²) in [5, 5.41) is 2.91. The normalized spacial score (nSPS) is 13.3. The van der Waals surface area contributed by atoms with Crippen LogP contribution in [0.5, 0.6) is 0 Å². The van der Waals surface area contributed by atoms with Crippen molar-refractivity contribution in [2.24, 2.45) is 5.73 Å². The summed E-state index contributed by atoms with van der Waals surface area (Å²) >= 11 is 0. The quantitative estimate of drug-likeness (QED) is 0.788. The third-order valence-electron chi connectivity index (χ3n) is 2.61. The van der Waals surface area contributed by atoms with Crippen LogP contribution in [0.4, 0.5) is 0 Å². The Labute approximate surface area is 90.7 Å². The molecule has 1 amide bonds. The summed E-state index contributed by atoms with van der Waals surface area (Å²) in [6.07, 6.45) is 0. The van der Waals surface area contributed by atoms with E-state index in [0.717, 1.165) is 0 Å². The van der Waals surface area contributed by atoms with Gasteiger partial charge in [-0.05, 0) is 32.9 Å². The van der Waals surface area contributed by atoms with Gasteiger partial charge in [0.1, 0.15) is 0 Å². The minimum atomic E-state index is -0.396. The minimum Gasteiger partial charge on any atom is -0.346 e. The van der Waals surface area contributed by atoms with E-state index >= 15 is 0 Å². The van der Waals surface area contributed by atoms with E-state index in [0.29, 0.717) is 5.56 Å². The molecule has 3 heteroatoms. The van der Waals surface area contributed by atoms with Gasteiger partial charge in [0.2, 0.25) is 0 Å². The van der Waals surface area contributed by atoms with Crippen LogP contribution in [-0.4, -0.2) is 17.5 Å². The molecule has 0 aromatic heterocycles. The molecule has 0 fully saturated rings. The molecule has 1 unspecified atom stereocenters. The summed E-state index contributed by atoms with van der Waals surface area (Å²) in [7, 11) is 0. The van der Waals surface area contributed by atoms with Gasteiger partial charge >= 0.3 is 0 Å². The molecule has 1 aromatic carbocycles.